The summed E-state index contributed by atoms with van der Waals surface area (Å²) in [4.78, 5) is 14.9. The number of fused-ring (bicyclic) bond motifs is 1. The van der Waals surface area contributed by atoms with Crippen LogP contribution in [0.1, 0.15) is 28.4 Å². The number of para-hydroxylation sites is 2. The van der Waals surface area contributed by atoms with E-state index in [1.54, 1.807) is 0 Å². The molecule has 1 aliphatic heterocycles. The molecule has 0 spiro atoms. The first kappa shape index (κ1) is 16.4. The zero-order valence-electron chi connectivity index (χ0n) is 14.8. The van der Waals surface area contributed by atoms with E-state index < -0.39 is 0 Å². The number of amides is 1. The number of rotatable bonds is 4. The van der Waals surface area contributed by atoms with Crippen LogP contribution in [0.5, 0.6) is 5.75 Å². The maximum absolute atomic E-state index is 13.0. The Morgan fingerprint density at radius 1 is 0.962 bits per heavy atom. The lowest BCUT2D eigenvalue weighted by molar-refractivity contribution is 0.0981. The fraction of sp³-hybridized carbons (Fsp3) is 0.174. The van der Waals surface area contributed by atoms with Crippen LogP contribution >= 0.6 is 0 Å². The van der Waals surface area contributed by atoms with Crippen molar-refractivity contribution in [3.8, 4) is 5.75 Å². The highest BCUT2D eigenvalue weighted by molar-refractivity contribution is 6.07. The Labute approximate surface area is 153 Å². The van der Waals surface area contributed by atoms with Crippen molar-refractivity contribution in [3.05, 3.63) is 95.6 Å². The molecule has 3 nitrogen and oxygen atoms in total. The second kappa shape index (κ2) is 7.04. The monoisotopic (exact) mass is 343 g/mol. The third-order valence-electron chi connectivity index (χ3n) is 4.78. The van der Waals surface area contributed by atoms with E-state index in [-0.39, 0.29) is 11.9 Å². The predicted molar refractivity (Wildman–Crippen MR) is 104 cm³/mol. The molecule has 0 fully saturated rings. The second-order valence-electron chi connectivity index (χ2n) is 6.66. The molecule has 3 heteroatoms. The molecule has 1 unspecified atom stereocenters. The number of carbonyl (C=O) groups is 1. The van der Waals surface area contributed by atoms with E-state index >= 15 is 0 Å². The van der Waals surface area contributed by atoms with E-state index in [4.69, 9.17) is 4.74 Å². The van der Waals surface area contributed by atoms with E-state index in [0.29, 0.717) is 12.2 Å². The van der Waals surface area contributed by atoms with Gasteiger partial charge in [0.15, 0.2) is 0 Å². The SMILES string of the molecule is CC1Cc2ccccc2N1C(=O)c1ccc(COc2ccccc2)cc1. The van der Waals surface area contributed by atoms with E-state index in [1.165, 1.54) is 5.56 Å². The number of nitrogens with zero attached hydrogens (tertiary/aromatic N) is 1. The molecule has 0 aliphatic carbocycles. The molecule has 1 amide bonds. The smallest absolute Gasteiger partial charge is 0.258 e. The maximum atomic E-state index is 13.0. The number of hydrogen-bond acceptors (Lipinski definition) is 2. The standard InChI is InChI=1S/C23H21NO2/c1-17-15-20-7-5-6-10-22(20)24(17)23(25)19-13-11-18(12-14-19)16-26-21-8-3-2-4-9-21/h2-14,17H,15-16H2,1H3. The summed E-state index contributed by atoms with van der Waals surface area (Å²) in [7, 11) is 0. The molecule has 0 aromatic heterocycles. The molecule has 3 aromatic carbocycles. The minimum atomic E-state index is 0.0537. The van der Waals surface area contributed by atoms with Crippen LogP contribution in [0.25, 0.3) is 0 Å². The summed E-state index contributed by atoms with van der Waals surface area (Å²) in [6.07, 6.45) is 0.908. The molecule has 1 atom stereocenters. The van der Waals surface area contributed by atoms with E-state index in [0.717, 1.165) is 23.4 Å². The van der Waals surface area contributed by atoms with Crippen molar-refractivity contribution < 1.29 is 9.53 Å². The molecule has 3 aromatic rings. The molecule has 0 saturated heterocycles. The Kier molecular flexibility index (Phi) is 4.44. The van der Waals surface area contributed by atoms with Gasteiger partial charge in [0, 0.05) is 17.3 Å². The zero-order valence-corrected chi connectivity index (χ0v) is 14.8. The number of ether oxygens (including phenoxy) is 1. The van der Waals surface area contributed by atoms with Gasteiger partial charge in [0.1, 0.15) is 12.4 Å². The Morgan fingerprint density at radius 2 is 1.65 bits per heavy atom. The van der Waals surface area contributed by atoms with Gasteiger partial charge in [-0.2, -0.15) is 0 Å². The van der Waals surface area contributed by atoms with Crippen LogP contribution in [-0.4, -0.2) is 11.9 Å². The average molecular weight is 343 g/mol. The third kappa shape index (κ3) is 3.21. The summed E-state index contributed by atoms with van der Waals surface area (Å²) >= 11 is 0. The fourth-order valence-electron chi connectivity index (χ4n) is 3.44. The first-order valence-corrected chi connectivity index (χ1v) is 8.90. The number of benzene rings is 3. The van der Waals surface area contributed by atoms with Crippen molar-refractivity contribution in [1.82, 2.24) is 0 Å². The molecule has 0 bridgehead atoms. The van der Waals surface area contributed by atoms with Gasteiger partial charge in [0.25, 0.3) is 5.91 Å². The molecule has 0 radical (unpaired) electrons. The molecule has 26 heavy (non-hydrogen) atoms. The lowest BCUT2D eigenvalue weighted by Gasteiger charge is -2.23. The molecule has 0 N–H and O–H groups in total. The van der Waals surface area contributed by atoms with Crippen LogP contribution in [0.2, 0.25) is 0 Å². The van der Waals surface area contributed by atoms with E-state index in [2.05, 4.69) is 13.0 Å². The summed E-state index contributed by atoms with van der Waals surface area (Å²) < 4.78 is 5.76. The van der Waals surface area contributed by atoms with Gasteiger partial charge in [-0.15, -0.1) is 0 Å². The van der Waals surface area contributed by atoms with Crippen molar-refractivity contribution in [2.24, 2.45) is 0 Å². The summed E-state index contributed by atoms with van der Waals surface area (Å²) in [6.45, 7) is 2.58. The highest BCUT2D eigenvalue weighted by Crippen LogP contribution is 2.33. The Hall–Kier alpha value is -3.07. The van der Waals surface area contributed by atoms with Gasteiger partial charge in [-0.3, -0.25) is 4.79 Å². The number of hydrogen-bond donors (Lipinski definition) is 0. The Bertz CT molecular complexity index is 903. The van der Waals surface area contributed by atoms with Gasteiger partial charge in [-0.05, 0) is 54.8 Å². The minimum absolute atomic E-state index is 0.0537. The van der Waals surface area contributed by atoms with Gasteiger partial charge < -0.3 is 9.64 Å². The van der Waals surface area contributed by atoms with Crippen LogP contribution in [0.3, 0.4) is 0 Å². The first-order chi connectivity index (χ1) is 12.7. The molecular formula is C23H21NO2. The first-order valence-electron chi connectivity index (χ1n) is 8.90. The van der Waals surface area contributed by atoms with E-state index in [9.17, 15) is 4.79 Å². The van der Waals surface area contributed by atoms with Gasteiger partial charge in [-0.25, -0.2) is 0 Å². The fourth-order valence-corrected chi connectivity index (χ4v) is 3.44. The molecule has 4 rings (SSSR count). The molecular weight excluding hydrogens is 322 g/mol. The van der Waals surface area contributed by atoms with Crippen LogP contribution in [0.15, 0.2) is 78.9 Å². The number of anilines is 1. The number of carbonyl (C=O) groups excluding carboxylic acids is 1. The van der Waals surface area contributed by atoms with Crippen molar-refractivity contribution in [1.29, 1.82) is 0 Å². The summed E-state index contributed by atoms with van der Waals surface area (Å²) in [6, 6.07) is 25.8. The Morgan fingerprint density at radius 3 is 2.42 bits per heavy atom. The summed E-state index contributed by atoms with van der Waals surface area (Å²) in [5, 5.41) is 0. The minimum Gasteiger partial charge on any atom is -0.489 e. The topological polar surface area (TPSA) is 29.5 Å². The van der Waals surface area contributed by atoms with Crippen LogP contribution in [0, 0.1) is 0 Å². The highest BCUT2D eigenvalue weighted by Gasteiger charge is 2.31. The third-order valence-corrected chi connectivity index (χ3v) is 4.78. The highest BCUT2D eigenvalue weighted by atomic mass is 16.5. The summed E-state index contributed by atoms with van der Waals surface area (Å²) in [5.74, 6) is 0.896. The lowest BCUT2D eigenvalue weighted by Crippen LogP contribution is -2.35. The van der Waals surface area contributed by atoms with Crippen LogP contribution in [-0.2, 0) is 13.0 Å². The lowest BCUT2D eigenvalue weighted by atomic mass is 10.1. The van der Waals surface area contributed by atoms with Crippen LogP contribution < -0.4 is 9.64 Å². The normalized spacial score (nSPS) is 15.6. The van der Waals surface area contributed by atoms with Gasteiger partial charge in [-0.1, -0.05) is 48.5 Å². The molecule has 1 aliphatic rings. The quantitative estimate of drug-likeness (QED) is 0.677. The van der Waals surface area contributed by atoms with Crippen LogP contribution in [0.4, 0.5) is 5.69 Å². The van der Waals surface area contributed by atoms with Crippen molar-refractivity contribution in [2.45, 2.75) is 26.0 Å². The van der Waals surface area contributed by atoms with Gasteiger partial charge >= 0.3 is 0 Å². The largest absolute Gasteiger partial charge is 0.489 e. The molecule has 0 saturated carbocycles. The van der Waals surface area contributed by atoms with Crippen molar-refractivity contribution >= 4 is 11.6 Å². The molecule has 1 heterocycles. The molecule has 130 valence electrons. The summed E-state index contributed by atoms with van der Waals surface area (Å²) in [5.41, 5.74) is 4.01. The van der Waals surface area contributed by atoms with Crippen molar-refractivity contribution in [3.63, 3.8) is 0 Å². The maximum Gasteiger partial charge on any atom is 0.258 e. The zero-order chi connectivity index (χ0) is 17.9. The van der Waals surface area contributed by atoms with Crippen molar-refractivity contribution in [2.75, 3.05) is 4.90 Å². The predicted octanol–water partition coefficient (Wildman–Crippen LogP) is 4.86. The second-order valence-corrected chi connectivity index (χ2v) is 6.66. The average Bonchev–Trinajstić information content (AvgIpc) is 3.03. The van der Waals surface area contributed by atoms with Gasteiger partial charge in [0.2, 0.25) is 0 Å². The van der Waals surface area contributed by atoms with Gasteiger partial charge in [0.05, 0.1) is 0 Å². The Balaban J connectivity index is 1.47. The van der Waals surface area contributed by atoms with E-state index in [1.807, 2.05) is 77.7 Å².